The predicted molar refractivity (Wildman–Crippen MR) is 85.7 cm³/mol. The minimum absolute atomic E-state index is 0.103. The summed E-state index contributed by atoms with van der Waals surface area (Å²) in [7, 11) is 1.53. The number of nitrogen functional groups attached to an aromatic ring is 1. The smallest absolute Gasteiger partial charge is 0.262 e. The van der Waals surface area contributed by atoms with Crippen molar-refractivity contribution < 1.29 is 14.3 Å². The molecule has 0 saturated carbocycles. The monoisotopic (exact) mass is 350 g/mol. The SMILES string of the molecule is COc1ccc(N)cc1NC(=O)COc1cccc(Br)c1. The van der Waals surface area contributed by atoms with Crippen molar-refractivity contribution in [3.63, 3.8) is 0 Å². The van der Waals surface area contributed by atoms with Gasteiger partial charge in [-0.3, -0.25) is 4.79 Å². The summed E-state index contributed by atoms with van der Waals surface area (Å²) in [5.41, 5.74) is 6.75. The van der Waals surface area contributed by atoms with E-state index in [2.05, 4.69) is 21.2 Å². The van der Waals surface area contributed by atoms with Gasteiger partial charge in [-0.15, -0.1) is 0 Å². The van der Waals surface area contributed by atoms with Crippen LogP contribution in [0.25, 0.3) is 0 Å². The van der Waals surface area contributed by atoms with Gasteiger partial charge >= 0.3 is 0 Å². The number of benzene rings is 2. The van der Waals surface area contributed by atoms with Gasteiger partial charge < -0.3 is 20.5 Å². The molecule has 1 amide bonds. The fourth-order valence-electron chi connectivity index (χ4n) is 1.72. The number of hydrogen-bond donors (Lipinski definition) is 2. The number of amides is 1. The lowest BCUT2D eigenvalue weighted by atomic mass is 10.2. The summed E-state index contributed by atoms with van der Waals surface area (Å²) in [6.07, 6.45) is 0. The average molecular weight is 351 g/mol. The van der Waals surface area contributed by atoms with Crippen molar-refractivity contribution in [1.29, 1.82) is 0 Å². The largest absolute Gasteiger partial charge is 0.495 e. The van der Waals surface area contributed by atoms with E-state index in [1.54, 1.807) is 30.3 Å². The molecule has 0 aliphatic heterocycles. The Bertz CT molecular complexity index is 647. The number of methoxy groups -OCH3 is 1. The summed E-state index contributed by atoms with van der Waals surface area (Å²) in [6, 6.07) is 12.3. The van der Waals surface area contributed by atoms with Crippen LogP contribution in [0, 0.1) is 0 Å². The third kappa shape index (κ3) is 4.39. The van der Waals surface area contributed by atoms with E-state index in [9.17, 15) is 4.79 Å². The van der Waals surface area contributed by atoms with Crippen molar-refractivity contribution >= 4 is 33.2 Å². The van der Waals surface area contributed by atoms with Crippen LogP contribution in [0.3, 0.4) is 0 Å². The zero-order chi connectivity index (χ0) is 15.2. The van der Waals surface area contributed by atoms with Gasteiger partial charge in [0.25, 0.3) is 5.91 Å². The summed E-state index contributed by atoms with van der Waals surface area (Å²) < 4.78 is 11.5. The molecule has 2 aromatic rings. The molecule has 0 saturated heterocycles. The van der Waals surface area contributed by atoms with E-state index in [0.717, 1.165) is 4.47 Å². The van der Waals surface area contributed by atoms with Crippen molar-refractivity contribution in [2.45, 2.75) is 0 Å². The van der Waals surface area contributed by atoms with E-state index < -0.39 is 0 Å². The molecule has 0 heterocycles. The molecule has 110 valence electrons. The lowest BCUT2D eigenvalue weighted by molar-refractivity contribution is -0.118. The number of rotatable bonds is 5. The third-order valence-corrected chi connectivity index (χ3v) is 3.16. The maximum atomic E-state index is 11.9. The molecule has 2 rings (SSSR count). The highest BCUT2D eigenvalue weighted by Gasteiger charge is 2.09. The molecule has 0 radical (unpaired) electrons. The molecule has 0 unspecified atom stereocenters. The molecule has 2 aromatic carbocycles. The summed E-state index contributed by atoms with van der Waals surface area (Å²) in [5.74, 6) is 0.859. The number of carbonyl (C=O) groups is 1. The van der Waals surface area contributed by atoms with Crippen LogP contribution >= 0.6 is 15.9 Å². The van der Waals surface area contributed by atoms with Crippen LogP contribution in [0.5, 0.6) is 11.5 Å². The molecule has 0 aromatic heterocycles. The number of ether oxygens (including phenoxy) is 2. The molecule has 0 aliphatic rings. The second-order valence-electron chi connectivity index (χ2n) is 4.25. The molecular weight excluding hydrogens is 336 g/mol. The van der Waals surface area contributed by atoms with Crippen LogP contribution in [0.4, 0.5) is 11.4 Å². The topological polar surface area (TPSA) is 73.6 Å². The highest BCUT2D eigenvalue weighted by molar-refractivity contribution is 9.10. The maximum absolute atomic E-state index is 11.9. The van der Waals surface area contributed by atoms with Crippen molar-refractivity contribution in [2.75, 3.05) is 24.8 Å². The fourth-order valence-corrected chi connectivity index (χ4v) is 2.09. The Morgan fingerprint density at radius 3 is 2.81 bits per heavy atom. The van der Waals surface area contributed by atoms with Crippen LogP contribution < -0.4 is 20.5 Å². The zero-order valence-electron chi connectivity index (χ0n) is 11.4. The summed E-state index contributed by atoms with van der Waals surface area (Å²) in [4.78, 5) is 11.9. The highest BCUT2D eigenvalue weighted by atomic mass is 79.9. The van der Waals surface area contributed by atoms with Gasteiger partial charge in [-0.1, -0.05) is 22.0 Å². The van der Waals surface area contributed by atoms with E-state index in [4.69, 9.17) is 15.2 Å². The second-order valence-corrected chi connectivity index (χ2v) is 5.17. The lowest BCUT2D eigenvalue weighted by Gasteiger charge is -2.11. The standard InChI is InChI=1S/C15H15BrN2O3/c1-20-14-6-5-11(17)8-13(14)18-15(19)9-21-12-4-2-3-10(16)7-12/h2-8H,9,17H2,1H3,(H,18,19). The molecule has 5 nitrogen and oxygen atoms in total. The van der Waals surface area contributed by atoms with Gasteiger partial charge in [0.05, 0.1) is 12.8 Å². The normalized spacial score (nSPS) is 10.0. The fraction of sp³-hybridized carbons (Fsp3) is 0.133. The second kappa shape index (κ2) is 6.99. The third-order valence-electron chi connectivity index (χ3n) is 2.66. The van der Waals surface area contributed by atoms with Gasteiger partial charge in [-0.05, 0) is 36.4 Å². The first-order chi connectivity index (χ1) is 10.1. The molecule has 0 fully saturated rings. The Kier molecular flexibility index (Phi) is 5.05. The zero-order valence-corrected chi connectivity index (χ0v) is 13.0. The van der Waals surface area contributed by atoms with Crippen LogP contribution in [0.1, 0.15) is 0 Å². The molecule has 0 spiro atoms. The number of halogens is 1. The van der Waals surface area contributed by atoms with E-state index in [-0.39, 0.29) is 12.5 Å². The Labute approximate surface area is 131 Å². The van der Waals surface area contributed by atoms with Crippen molar-refractivity contribution in [2.24, 2.45) is 0 Å². The van der Waals surface area contributed by atoms with Crippen LogP contribution in [0.15, 0.2) is 46.9 Å². The highest BCUT2D eigenvalue weighted by Crippen LogP contribution is 2.26. The Morgan fingerprint density at radius 2 is 2.10 bits per heavy atom. The van der Waals surface area contributed by atoms with Crippen LogP contribution in [0.2, 0.25) is 0 Å². The van der Waals surface area contributed by atoms with Crippen molar-refractivity contribution in [3.05, 3.63) is 46.9 Å². The van der Waals surface area contributed by atoms with Crippen LogP contribution in [-0.4, -0.2) is 19.6 Å². The van der Waals surface area contributed by atoms with Gasteiger partial charge in [0.1, 0.15) is 11.5 Å². The van der Waals surface area contributed by atoms with E-state index in [1.165, 1.54) is 7.11 Å². The number of nitrogens with two attached hydrogens (primary N) is 1. The lowest BCUT2D eigenvalue weighted by Crippen LogP contribution is -2.20. The Balaban J connectivity index is 1.97. The Morgan fingerprint density at radius 1 is 1.29 bits per heavy atom. The first-order valence-electron chi connectivity index (χ1n) is 6.20. The quantitative estimate of drug-likeness (QED) is 0.812. The Hall–Kier alpha value is -2.21. The molecular formula is C15H15BrN2O3. The molecule has 0 bridgehead atoms. The minimum Gasteiger partial charge on any atom is -0.495 e. The molecule has 0 aliphatic carbocycles. The summed E-state index contributed by atoms with van der Waals surface area (Å²) in [6.45, 7) is -0.103. The maximum Gasteiger partial charge on any atom is 0.262 e. The van der Waals surface area contributed by atoms with Gasteiger partial charge in [0, 0.05) is 10.2 Å². The molecule has 3 N–H and O–H groups in total. The van der Waals surface area contributed by atoms with E-state index in [1.807, 2.05) is 12.1 Å². The van der Waals surface area contributed by atoms with Crippen LogP contribution in [-0.2, 0) is 4.79 Å². The van der Waals surface area contributed by atoms with Gasteiger partial charge in [0.15, 0.2) is 6.61 Å². The van der Waals surface area contributed by atoms with E-state index >= 15 is 0 Å². The summed E-state index contributed by atoms with van der Waals surface area (Å²) in [5, 5.41) is 2.71. The van der Waals surface area contributed by atoms with Crippen molar-refractivity contribution in [3.8, 4) is 11.5 Å². The molecule has 21 heavy (non-hydrogen) atoms. The number of anilines is 2. The summed E-state index contributed by atoms with van der Waals surface area (Å²) >= 11 is 3.34. The first kappa shape index (κ1) is 15.2. The minimum atomic E-state index is -0.293. The predicted octanol–water partition coefficient (Wildman–Crippen LogP) is 3.06. The van der Waals surface area contributed by atoms with Gasteiger partial charge in [-0.2, -0.15) is 0 Å². The number of hydrogen-bond acceptors (Lipinski definition) is 4. The van der Waals surface area contributed by atoms with Gasteiger partial charge in [0.2, 0.25) is 0 Å². The van der Waals surface area contributed by atoms with Gasteiger partial charge in [-0.25, -0.2) is 0 Å². The number of nitrogens with one attached hydrogen (secondary N) is 1. The molecule has 6 heteroatoms. The average Bonchev–Trinajstić information content (AvgIpc) is 2.45. The van der Waals surface area contributed by atoms with E-state index in [0.29, 0.717) is 22.9 Å². The molecule has 0 atom stereocenters. The van der Waals surface area contributed by atoms with Crippen molar-refractivity contribution in [1.82, 2.24) is 0 Å². The number of carbonyl (C=O) groups excluding carboxylic acids is 1. The first-order valence-corrected chi connectivity index (χ1v) is 6.99.